The topological polar surface area (TPSA) is 110 Å². The number of rotatable bonds is 12. The smallest absolute Gasteiger partial charge is 0.394 e. The van der Waals surface area contributed by atoms with Gasteiger partial charge in [-0.1, -0.05) is 35.5 Å². The molecule has 4 N–H and O–H groups in total. The quantitative estimate of drug-likeness (QED) is 0.0739. The summed E-state index contributed by atoms with van der Waals surface area (Å²) in [5, 5.41) is 7.37. The Morgan fingerprint density at radius 3 is 2.32 bits per heavy atom. The molecule has 1 aliphatic carbocycles. The van der Waals surface area contributed by atoms with Crippen molar-refractivity contribution in [2.75, 3.05) is 23.8 Å². The Balaban J connectivity index is 1.75. The lowest BCUT2D eigenvalue weighted by Crippen LogP contribution is -2.34. The Morgan fingerprint density at radius 1 is 1.05 bits per heavy atom. The van der Waals surface area contributed by atoms with E-state index in [4.69, 9.17) is 22.3 Å². The Labute approximate surface area is 347 Å². The highest BCUT2D eigenvalue weighted by molar-refractivity contribution is 8.00. The molecule has 0 aliphatic heterocycles. The largest absolute Gasteiger partial charge is 0.431 e. The number of aliphatic imine (C=N–C) groups is 1. The Hall–Kier alpha value is -4.54. The summed E-state index contributed by atoms with van der Waals surface area (Å²) in [5.41, 5.74) is 1.88. The van der Waals surface area contributed by atoms with Gasteiger partial charge < -0.3 is 15.8 Å². The molecule has 0 bridgehead atoms. The van der Waals surface area contributed by atoms with Gasteiger partial charge in [0.1, 0.15) is 41.8 Å². The SMILES string of the molecule is CSNc1nn(CC(C)(F)F)c2c(-c3ccc(C#CC(C)(C)SC)nc3C(Cc3cc(F)cc(F)c3)NC(=O)CN=C3/C(=C(\N)C(F)(F)F)CCC3(F)F)ccc(Cl)c12. The molecule has 316 valence electrons. The summed E-state index contributed by atoms with van der Waals surface area (Å²) in [6, 6.07) is 7.30. The van der Waals surface area contributed by atoms with Gasteiger partial charge in [0, 0.05) is 42.4 Å². The monoisotopic (exact) mass is 889 g/mol. The van der Waals surface area contributed by atoms with Crippen molar-refractivity contribution in [1.29, 1.82) is 0 Å². The lowest BCUT2D eigenvalue weighted by molar-refractivity contribution is -0.120. The van der Waals surface area contributed by atoms with E-state index in [1.54, 1.807) is 12.3 Å². The number of hydrogen-bond acceptors (Lipinski definition) is 8. The molecule has 20 heteroatoms. The van der Waals surface area contributed by atoms with E-state index < -0.39 is 95.7 Å². The van der Waals surface area contributed by atoms with Gasteiger partial charge in [-0.25, -0.2) is 22.5 Å². The van der Waals surface area contributed by atoms with E-state index in [1.807, 2.05) is 20.1 Å². The lowest BCUT2D eigenvalue weighted by atomic mass is 9.93. The van der Waals surface area contributed by atoms with Gasteiger partial charge in [-0.05, 0) is 74.8 Å². The van der Waals surface area contributed by atoms with E-state index >= 15 is 0 Å². The molecule has 1 saturated carbocycles. The predicted octanol–water partition coefficient (Wildman–Crippen LogP) is 9.91. The van der Waals surface area contributed by atoms with E-state index in [1.165, 1.54) is 30.0 Å². The number of fused-ring (bicyclic) bond motifs is 1. The summed E-state index contributed by atoms with van der Waals surface area (Å²) in [5.74, 6) is -3.92. The average Bonchev–Trinajstić information content (AvgIpc) is 3.63. The van der Waals surface area contributed by atoms with Crippen LogP contribution in [0.3, 0.4) is 0 Å². The molecule has 0 saturated heterocycles. The Bertz CT molecular complexity index is 2360. The summed E-state index contributed by atoms with van der Waals surface area (Å²) in [4.78, 5) is 22.1. The molecule has 59 heavy (non-hydrogen) atoms. The van der Waals surface area contributed by atoms with Crippen LogP contribution < -0.4 is 15.8 Å². The van der Waals surface area contributed by atoms with Gasteiger partial charge in [0.2, 0.25) is 5.91 Å². The molecule has 1 aliphatic rings. The second-order valence-electron chi connectivity index (χ2n) is 14.2. The van der Waals surface area contributed by atoms with E-state index in [0.29, 0.717) is 13.0 Å². The van der Waals surface area contributed by atoms with Gasteiger partial charge >= 0.3 is 6.18 Å². The average molecular weight is 890 g/mol. The number of thioether (sulfide) groups is 1. The predicted molar refractivity (Wildman–Crippen MR) is 215 cm³/mol. The molecule has 1 atom stereocenters. The molecule has 5 rings (SSSR count). The number of alkyl halides is 7. The molecule has 2 aromatic heterocycles. The molecular weight excluding hydrogens is 853 g/mol. The first kappa shape index (κ1) is 45.5. The zero-order valence-electron chi connectivity index (χ0n) is 32.0. The number of carbonyl (C=O) groups is 1. The van der Waals surface area contributed by atoms with Crippen molar-refractivity contribution in [3.8, 4) is 23.0 Å². The van der Waals surface area contributed by atoms with Crippen LogP contribution in [-0.4, -0.2) is 68.2 Å². The maximum atomic E-state index is 14.9. The van der Waals surface area contributed by atoms with Crippen LogP contribution in [0.15, 0.2) is 58.7 Å². The number of amides is 1. The van der Waals surface area contributed by atoms with Crippen molar-refractivity contribution < 1.29 is 44.3 Å². The number of halogens is 10. The zero-order chi connectivity index (χ0) is 43.7. The minimum absolute atomic E-state index is 0.000686. The number of anilines is 1. The maximum absolute atomic E-state index is 14.9. The number of nitrogens with one attached hydrogen (secondary N) is 2. The third-order valence-corrected chi connectivity index (χ3v) is 10.9. The molecule has 8 nitrogen and oxygen atoms in total. The number of allylic oxidation sites excluding steroid dienone is 2. The molecule has 2 heterocycles. The number of carbonyl (C=O) groups excluding carboxylic acids is 1. The number of nitrogens with zero attached hydrogens (tertiary/aromatic N) is 4. The maximum Gasteiger partial charge on any atom is 0.431 e. The summed E-state index contributed by atoms with van der Waals surface area (Å²) in [7, 11) is 0. The fourth-order valence-electron chi connectivity index (χ4n) is 6.30. The number of nitrogens with two attached hydrogens (primary N) is 1. The van der Waals surface area contributed by atoms with Gasteiger partial charge in [0.05, 0.1) is 32.4 Å². The molecule has 1 amide bonds. The van der Waals surface area contributed by atoms with E-state index in [-0.39, 0.29) is 49.8 Å². The van der Waals surface area contributed by atoms with Crippen molar-refractivity contribution in [3.63, 3.8) is 0 Å². The van der Waals surface area contributed by atoms with Crippen LogP contribution in [-0.2, 0) is 17.8 Å². The number of aromatic nitrogens is 3. The highest BCUT2D eigenvalue weighted by atomic mass is 35.5. The molecule has 0 radical (unpaired) electrons. The van der Waals surface area contributed by atoms with E-state index in [0.717, 1.165) is 28.8 Å². The van der Waals surface area contributed by atoms with Crippen LogP contribution in [0.25, 0.3) is 22.0 Å². The summed E-state index contributed by atoms with van der Waals surface area (Å²) in [6.07, 6.45) is -3.78. The van der Waals surface area contributed by atoms with Crippen molar-refractivity contribution in [3.05, 3.63) is 87.3 Å². The minimum atomic E-state index is -5.15. The third kappa shape index (κ3) is 11.0. The van der Waals surface area contributed by atoms with Crippen molar-refractivity contribution in [1.82, 2.24) is 20.1 Å². The van der Waals surface area contributed by atoms with Gasteiger partial charge in [-0.15, -0.1) is 11.8 Å². The summed E-state index contributed by atoms with van der Waals surface area (Å²) in [6.45, 7) is 2.40. The van der Waals surface area contributed by atoms with E-state index in [2.05, 4.69) is 32.0 Å². The standard InChI is InChI=1S/C39H37ClF9N7OS2/c1-36(2,58-4)12-10-23-6-7-24(25-8-9-27(40)30-32(25)56(19-37(3,43)44)54-35(30)55-59-5)31(52-23)28(16-20-14-21(41)17-22(42)15-20)53-29(57)18-51-34-26(11-13-38(34,45)46)33(50)39(47,48)49/h6-9,14-15,17,28H,11,13,16,18-19,50H2,1-5H3,(H,53,57)(H,54,55)/b33-26-,51-34?. The second kappa shape index (κ2) is 17.6. The molecule has 2 aromatic carbocycles. The zero-order valence-corrected chi connectivity index (χ0v) is 34.4. The van der Waals surface area contributed by atoms with Crippen LogP contribution in [0.2, 0.25) is 5.02 Å². The number of benzene rings is 2. The lowest BCUT2D eigenvalue weighted by Gasteiger charge is -2.23. The van der Waals surface area contributed by atoms with Gasteiger partial charge in [-0.2, -0.15) is 27.1 Å². The van der Waals surface area contributed by atoms with Gasteiger partial charge in [0.25, 0.3) is 11.8 Å². The fraction of sp³-hybridized carbons (Fsp3) is 0.385. The molecule has 1 fully saturated rings. The van der Waals surface area contributed by atoms with Crippen LogP contribution in [0.5, 0.6) is 0 Å². The first-order chi connectivity index (χ1) is 27.4. The molecule has 4 aromatic rings. The van der Waals surface area contributed by atoms with Crippen LogP contribution in [0.1, 0.15) is 56.6 Å². The van der Waals surface area contributed by atoms with Gasteiger partial charge in [0.15, 0.2) is 5.82 Å². The highest BCUT2D eigenvalue weighted by Crippen LogP contribution is 2.42. The number of pyridine rings is 1. The Kier molecular flexibility index (Phi) is 13.6. The first-order valence-corrected chi connectivity index (χ1v) is 20.4. The van der Waals surface area contributed by atoms with Crippen LogP contribution in [0.4, 0.5) is 45.3 Å². The summed E-state index contributed by atoms with van der Waals surface area (Å²) < 4.78 is 132. The Morgan fingerprint density at radius 2 is 1.71 bits per heavy atom. The third-order valence-electron chi connectivity index (χ3n) is 9.05. The van der Waals surface area contributed by atoms with Crippen LogP contribution in [0, 0.1) is 23.5 Å². The van der Waals surface area contributed by atoms with Crippen molar-refractivity contribution in [2.24, 2.45) is 10.7 Å². The van der Waals surface area contributed by atoms with Gasteiger partial charge in [-0.3, -0.25) is 14.5 Å². The molecule has 1 unspecified atom stereocenters. The van der Waals surface area contributed by atoms with E-state index in [9.17, 15) is 44.3 Å². The molecular formula is C39H37ClF9N7OS2. The van der Waals surface area contributed by atoms with Crippen molar-refractivity contribution in [2.45, 2.75) is 75.4 Å². The summed E-state index contributed by atoms with van der Waals surface area (Å²) >= 11 is 9.21. The second-order valence-corrected chi connectivity index (χ2v) is 16.6. The van der Waals surface area contributed by atoms with Crippen LogP contribution >= 0.6 is 35.3 Å². The van der Waals surface area contributed by atoms with Crippen molar-refractivity contribution >= 4 is 63.7 Å². The first-order valence-electron chi connectivity index (χ1n) is 17.6. The number of hydrogen-bond donors (Lipinski definition) is 3. The molecule has 0 spiro atoms. The fourth-order valence-corrected chi connectivity index (χ4v) is 7.03. The normalized spacial score (nSPS) is 16.6. The minimum Gasteiger partial charge on any atom is -0.394 e. The highest BCUT2D eigenvalue weighted by Gasteiger charge is 2.48.